The van der Waals surface area contributed by atoms with Crippen LogP contribution in [0.2, 0.25) is 0 Å². The zero-order valence-corrected chi connectivity index (χ0v) is 7.70. The minimum Gasteiger partial charge on any atom is -0.383 e. The Morgan fingerprint density at radius 1 is 1.33 bits per heavy atom. The molecule has 0 saturated heterocycles. The molecule has 0 aromatic rings. The van der Waals surface area contributed by atoms with E-state index < -0.39 is 0 Å². The fraction of sp³-hybridized carbons (Fsp3) is 0.273. The van der Waals surface area contributed by atoms with Crippen molar-refractivity contribution in [2.24, 2.45) is 0 Å². The number of hydrogen-bond donors (Lipinski definition) is 0. The van der Waals surface area contributed by atoms with Crippen molar-refractivity contribution < 1.29 is 0 Å². The first-order chi connectivity index (χ1) is 5.79. The van der Waals surface area contributed by atoms with Crippen LogP contribution in [0.5, 0.6) is 0 Å². The van der Waals surface area contributed by atoms with Crippen LogP contribution >= 0.6 is 0 Å². The average Bonchev–Trinajstić information content (AvgIpc) is 2.05. The molecule has 1 heteroatoms. The molecule has 1 aliphatic carbocycles. The highest BCUT2D eigenvalue weighted by Gasteiger charge is 1.89. The molecule has 0 amide bonds. The summed E-state index contributed by atoms with van der Waals surface area (Å²) >= 11 is 0. The van der Waals surface area contributed by atoms with E-state index in [1.807, 2.05) is 25.2 Å². The predicted octanol–water partition coefficient (Wildman–Crippen LogP) is 2.50. The highest BCUT2D eigenvalue weighted by Crippen LogP contribution is 2.09. The molecule has 0 unspecified atom stereocenters. The molecular weight excluding hydrogens is 146 g/mol. The Morgan fingerprint density at radius 3 is 2.75 bits per heavy atom. The van der Waals surface area contributed by atoms with Crippen molar-refractivity contribution >= 4 is 0 Å². The normalized spacial score (nSPS) is 19.3. The van der Waals surface area contributed by atoms with Gasteiger partial charge in [0.25, 0.3) is 0 Å². The molecule has 0 atom stereocenters. The second-order valence-electron chi connectivity index (χ2n) is 3.04. The summed E-state index contributed by atoms with van der Waals surface area (Å²) in [4.78, 5) is 2.03. The average molecular weight is 161 g/mol. The van der Waals surface area contributed by atoms with E-state index in [0.29, 0.717) is 0 Å². The first-order valence-electron chi connectivity index (χ1n) is 4.16. The van der Waals surface area contributed by atoms with E-state index in [4.69, 9.17) is 0 Å². The van der Waals surface area contributed by atoms with Crippen molar-refractivity contribution in [1.82, 2.24) is 4.90 Å². The maximum Gasteiger partial charge on any atom is 0.00556 e. The van der Waals surface area contributed by atoms with Crippen LogP contribution in [0.1, 0.15) is 6.42 Å². The highest BCUT2D eigenvalue weighted by molar-refractivity contribution is 5.31. The van der Waals surface area contributed by atoms with Crippen LogP contribution in [0, 0.1) is 0 Å². The first kappa shape index (κ1) is 8.85. The molecule has 0 aliphatic heterocycles. The van der Waals surface area contributed by atoms with Crippen molar-refractivity contribution in [3.63, 3.8) is 0 Å². The summed E-state index contributed by atoms with van der Waals surface area (Å²) in [6.45, 7) is 0. The maximum atomic E-state index is 2.16. The molecule has 0 bridgehead atoms. The van der Waals surface area contributed by atoms with Gasteiger partial charge in [0.05, 0.1) is 0 Å². The molecule has 0 saturated carbocycles. The molecule has 64 valence electrons. The van der Waals surface area contributed by atoms with Crippen LogP contribution in [0.4, 0.5) is 0 Å². The van der Waals surface area contributed by atoms with Crippen LogP contribution in [-0.4, -0.2) is 19.0 Å². The third kappa shape index (κ3) is 3.24. The fourth-order valence-corrected chi connectivity index (χ4v) is 0.992. The summed E-state index contributed by atoms with van der Waals surface area (Å²) in [5, 5.41) is 0. The van der Waals surface area contributed by atoms with Gasteiger partial charge in [0.1, 0.15) is 0 Å². The molecule has 1 aliphatic rings. The topological polar surface area (TPSA) is 3.24 Å². The summed E-state index contributed by atoms with van der Waals surface area (Å²) in [7, 11) is 4.04. The van der Waals surface area contributed by atoms with E-state index in [0.717, 1.165) is 6.42 Å². The molecule has 0 fully saturated rings. The van der Waals surface area contributed by atoms with Gasteiger partial charge in [-0.25, -0.2) is 0 Å². The lowest BCUT2D eigenvalue weighted by atomic mass is 10.1. The van der Waals surface area contributed by atoms with Crippen molar-refractivity contribution in [2.45, 2.75) is 6.42 Å². The largest absolute Gasteiger partial charge is 0.383 e. The zero-order valence-electron chi connectivity index (χ0n) is 7.70. The van der Waals surface area contributed by atoms with E-state index in [-0.39, 0.29) is 0 Å². The summed E-state index contributed by atoms with van der Waals surface area (Å²) in [5.41, 5.74) is 1.36. The minimum atomic E-state index is 1.05. The molecular formula is C11H15N. The van der Waals surface area contributed by atoms with Crippen molar-refractivity contribution in [2.75, 3.05) is 14.1 Å². The molecule has 1 nitrogen and oxygen atoms in total. The zero-order chi connectivity index (χ0) is 8.81. The summed E-state index contributed by atoms with van der Waals surface area (Å²) in [5.74, 6) is 0. The Morgan fingerprint density at radius 2 is 2.17 bits per heavy atom. The van der Waals surface area contributed by atoms with E-state index >= 15 is 0 Å². The maximum absolute atomic E-state index is 2.16. The molecule has 0 aromatic heterocycles. The Labute approximate surface area is 74.4 Å². The van der Waals surface area contributed by atoms with E-state index in [9.17, 15) is 0 Å². The van der Waals surface area contributed by atoms with Gasteiger partial charge in [-0.05, 0) is 24.3 Å². The number of rotatable bonds is 2. The number of hydrogen-bond acceptors (Lipinski definition) is 1. The smallest absolute Gasteiger partial charge is 0.00556 e. The monoisotopic (exact) mass is 161 g/mol. The number of nitrogens with zero attached hydrogens (tertiary/aromatic N) is 1. The van der Waals surface area contributed by atoms with Crippen LogP contribution < -0.4 is 0 Å². The van der Waals surface area contributed by atoms with Gasteiger partial charge >= 0.3 is 0 Å². The van der Waals surface area contributed by atoms with Gasteiger partial charge in [-0.2, -0.15) is 0 Å². The number of allylic oxidation sites excluding steroid dienone is 7. The third-order valence-corrected chi connectivity index (χ3v) is 1.61. The van der Waals surface area contributed by atoms with Crippen LogP contribution in [0.15, 0.2) is 48.2 Å². The van der Waals surface area contributed by atoms with E-state index in [1.165, 1.54) is 5.57 Å². The molecule has 0 heterocycles. The molecule has 0 aromatic carbocycles. The highest BCUT2D eigenvalue weighted by atomic mass is 15.0. The fourth-order valence-electron chi connectivity index (χ4n) is 0.992. The van der Waals surface area contributed by atoms with Crippen molar-refractivity contribution in [3.05, 3.63) is 48.2 Å². The molecule has 1 rings (SSSR count). The SMILES string of the molecule is CN(C)/C=C\C=C1\C=CC=CC1. The van der Waals surface area contributed by atoms with Gasteiger partial charge in [-0.1, -0.05) is 30.4 Å². The quantitative estimate of drug-likeness (QED) is 0.601. The lowest BCUT2D eigenvalue weighted by Gasteiger charge is -2.02. The van der Waals surface area contributed by atoms with Gasteiger partial charge in [0, 0.05) is 14.1 Å². The Balaban J connectivity index is 2.47. The minimum absolute atomic E-state index is 1.05. The van der Waals surface area contributed by atoms with Crippen molar-refractivity contribution in [1.29, 1.82) is 0 Å². The van der Waals surface area contributed by atoms with E-state index in [2.05, 4.69) is 36.5 Å². The van der Waals surface area contributed by atoms with Crippen molar-refractivity contribution in [3.8, 4) is 0 Å². The third-order valence-electron chi connectivity index (χ3n) is 1.61. The Kier molecular flexibility index (Phi) is 3.39. The summed E-state index contributed by atoms with van der Waals surface area (Å²) in [6.07, 6.45) is 15.7. The Hall–Kier alpha value is -1.24. The van der Waals surface area contributed by atoms with Gasteiger partial charge in [-0.3, -0.25) is 0 Å². The van der Waals surface area contributed by atoms with Crippen LogP contribution in [0.3, 0.4) is 0 Å². The standard InChI is InChI=1S/C11H15N/c1-12(2)10-6-9-11-7-4-3-5-8-11/h3-7,9-10H,8H2,1-2H3/b10-6-,11-9-. The predicted molar refractivity (Wildman–Crippen MR) is 53.8 cm³/mol. The second kappa shape index (κ2) is 4.60. The molecule has 0 spiro atoms. The van der Waals surface area contributed by atoms with Gasteiger partial charge in [-0.15, -0.1) is 0 Å². The summed E-state index contributed by atoms with van der Waals surface area (Å²) < 4.78 is 0. The molecule has 0 N–H and O–H groups in total. The van der Waals surface area contributed by atoms with Gasteiger partial charge in [0.2, 0.25) is 0 Å². The lowest BCUT2D eigenvalue weighted by molar-refractivity contribution is 0.564. The van der Waals surface area contributed by atoms with Crippen LogP contribution in [-0.2, 0) is 0 Å². The van der Waals surface area contributed by atoms with Crippen LogP contribution in [0.25, 0.3) is 0 Å². The Bertz CT molecular complexity index is 242. The van der Waals surface area contributed by atoms with Gasteiger partial charge in [0.15, 0.2) is 0 Å². The lowest BCUT2D eigenvalue weighted by Crippen LogP contribution is -1.99. The molecule has 0 radical (unpaired) electrons. The molecule has 12 heavy (non-hydrogen) atoms. The van der Waals surface area contributed by atoms with Gasteiger partial charge < -0.3 is 4.90 Å². The van der Waals surface area contributed by atoms with E-state index in [1.54, 1.807) is 0 Å². The summed E-state index contributed by atoms with van der Waals surface area (Å²) in [6, 6.07) is 0. The first-order valence-corrected chi connectivity index (χ1v) is 4.16. The second-order valence-corrected chi connectivity index (χ2v) is 3.04.